The van der Waals surface area contributed by atoms with E-state index in [2.05, 4.69) is 64.7 Å². The van der Waals surface area contributed by atoms with Crippen molar-refractivity contribution >= 4 is 6.08 Å². The van der Waals surface area contributed by atoms with Crippen molar-refractivity contribution in [2.24, 2.45) is 0 Å². The molecule has 1 aliphatic heterocycles. The molecule has 0 atom stereocenters. The number of methoxy groups -OCH3 is 1. The Morgan fingerprint density at radius 3 is 2.51 bits per heavy atom. The van der Waals surface area contributed by atoms with Crippen LogP contribution in [0.25, 0.3) is 6.08 Å². The van der Waals surface area contributed by atoms with Crippen molar-refractivity contribution in [3.8, 4) is 11.5 Å². The summed E-state index contributed by atoms with van der Waals surface area (Å²) in [7, 11) is 1.71. The molecule has 0 radical (unpaired) electrons. The first-order valence-electron chi connectivity index (χ1n) is 13.7. The predicted molar refractivity (Wildman–Crippen MR) is 151 cm³/mol. The molecule has 0 bridgehead atoms. The van der Waals surface area contributed by atoms with E-state index < -0.39 is 0 Å². The maximum absolute atomic E-state index is 5.97. The number of nitrogens with one attached hydrogen (secondary N) is 1. The van der Waals surface area contributed by atoms with Crippen LogP contribution in [0.15, 0.2) is 65.4 Å². The molecule has 0 amide bonds. The molecule has 0 saturated carbocycles. The molecular formula is C31H43N3O3. The van der Waals surface area contributed by atoms with Gasteiger partial charge in [0.05, 0.1) is 26.0 Å². The minimum Gasteiger partial charge on any atom is -0.496 e. The molecule has 2 aromatic carbocycles. The summed E-state index contributed by atoms with van der Waals surface area (Å²) in [6.07, 6.45) is 6.50. The lowest BCUT2D eigenvalue weighted by Crippen LogP contribution is -2.46. The largest absolute Gasteiger partial charge is 0.496 e. The van der Waals surface area contributed by atoms with Gasteiger partial charge >= 0.3 is 0 Å². The van der Waals surface area contributed by atoms with Gasteiger partial charge in [0.1, 0.15) is 11.5 Å². The van der Waals surface area contributed by atoms with Crippen LogP contribution in [0.1, 0.15) is 50.7 Å². The van der Waals surface area contributed by atoms with Gasteiger partial charge in [-0.1, -0.05) is 30.3 Å². The Morgan fingerprint density at radius 1 is 0.973 bits per heavy atom. The van der Waals surface area contributed by atoms with Crippen molar-refractivity contribution in [1.82, 2.24) is 15.3 Å². The monoisotopic (exact) mass is 505 g/mol. The van der Waals surface area contributed by atoms with Gasteiger partial charge in [0, 0.05) is 50.9 Å². The fourth-order valence-electron chi connectivity index (χ4n) is 5.12. The van der Waals surface area contributed by atoms with Crippen LogP contribution in [0.2, 0.25) is 0 Å². The molecule has 0 spiro atoms. The summed E-state index contributed by atoms with van der Waals surface area (Å²) >= 11 is 0. The summed E-state index contributed by atoms with van der Waals surface area (Å²) in [6, 6.07) is 16.8. The minimum absolute atomic E-state index is 0.640. The summed E-state index contributed by atoms with van der Waals surface area (Å²) in [6.45, 7) is 12.2. The summed E-state index contributed by atoms with van der Waals surface area (Å²) in [5.74, 6) is 1.65. The second-order valence-corrected chi connectivity index (χ2v) is 9.92. The molecule has 1 fully saturated rings. The van der Waals surface area contributed by atoms with Crippen LogP contribution < -0.4 is 15.0 Å². The highest BCUT2D eigenvalue weighted by Gasteiger charge is 2.18. The Bertz CT molecular complexity index is 1040. The Labute approximate surface area is 222 Å². The lowest BCUT2D eigenvalue weighted by atomic mass is 9.91. The lowest BCUT2D eigenvalue weighted by molar-refractivity contribution is 0.0498. The standard InChI is InChI=1S/C31H43N3O3/c1-4-36-29-15-14-27(30(23-29)35-3)22-28-13-8-10-25(2)31(28)32-37-21-9-16-33-17-19-34(20-18-33)24-26-11-6-5-7-12-26/h5-7,11-12,14-15,22-23,32H,4,8-10,13,16-21,24H2,1-3H3. The van der Waals surface area contributed by atoms with Crippen LogP contribution in [0.3, 0.4) is 0 Å². The average molecular weight is 506 g/mol. The lowest BCUT2D eigenvalue weighted by Gasteiger charge is -2.34. The summed E-state index contributed by atoms with van der Waals surface area (Å²) in [4.78, 5) is 11.1. The number of hydrogen-bond acceptors (Lipinski definition) is 6. The number of ether oxygens (including phenoxy) is 2. The number of hydroxylamine groups is 1. The van der Waals surface area contributed by atoms with Gasteiger partial charge in [-0.2, -0.15) is 0 Å². The van der Waals surface area contributed by atoms with E-state index in [1.165, 1.54) is 16.7 Å². The quantitative estimate of drug-likeness (QED) is 0.297. The van der Waals surface area contributed by atoms with E-state index >= 15 is 0 Å². The smallest absolute Gasteiger partial charge is 0.129 e. The molecule has 2 aromatic rings. The van der Waals surface area contributed by atoms with Crippen molar-refractivity contribution in [3.63, 3.8) is 0 Å². The van der Waals surface area contributed by atoms with Crippen molar-refractivity contribution < 1.29 is 14.3 Å². The third-order valence-corrected chi connectivity index (χ3v) is 7.20. The molecule has 1 heterocycles. The zero-order valence-corrected chi connectivity index (χ0v) is 22.8. The topological polar surface area (TPSA) is 46.2 Å². The van der Waals surface area contributed by atoms with Gasteiger partial charge in [0.2, 0.25) is 0 Å². The maximum atomic E-state index is 5.97. The molecule has 200 valence electrons. The molecule has 2 aliphatic rings. The zero-order chi connectivity index (χ0) is 25.9. The molecule has 1 aliphatic carbocycles. The zero-order valence-electron chi connectivity index (χ0n) is 22.8. The third-order valence-electron chi connectivity index (χ3n) is 7.20. The summed E-state index contributed by atoms with van der Waals surface area (Å²) < 4.78 is 11.3. The Morgan fingerprint density at radius 2 is 1.76 bits per heavy atom. The van der Waals surface area contributed by atoms with E-state index in [0.717, 1.165) is 87.7 Å². The number of benzene rings is 2. The first-order chi connectivity index (χ1) is 18.2. The van der Waals surface area contributed by atoms with Crippen molar-refractivity contribution in [2.75, 3.05) is 53.0 Å². The van der Waals surface area contributed by atoms with Crippen molar-refractivity contribution in [1.29, 1.82) is 0 Å². The Kier molecular flexibility index (Phi) is 10.5. The molecular weight excluding hydrogens is 462 g/mol. The van der Waals surface area contributed by atoms with Crippen LogP contribution in [-0.2, 0) is 11.4 Å². The van der Waals surface area contributed by atoms with Crippen LogP contribution in [-0.4, -0.2) is 62.8 Å². The number of hydrogen-bond donors (Lipinski definition) is 1. The van der Waals surface area contributed by atoms with Gasteiger partial charge in [-0.15, -0.1) is 0 Å². The van der Waals surface area contributed by atoms with Gasteiger partial charge in [0.15, 0.2) is 0 Å². The van der Waals surface area contributed by atoms with Crippen LogP contribution in [0.4, 0.5) is 0 Å². The molecule has 6 heteroatoms. The molecule has 4 rings (SSSR count). The fraction of sp³-hybridized carbons (Fsp3) is 0.484. The maximum Gasteiger partial charge on any atom is 0.129 e. The molecule has 0 aromatic heterocycles. The second-order valence-electron chi connectivity index (χ2n) is 9.92. The highest BCUT2D eigenvalue weighted by molar-refractivity contribution is 5.65. The normalized spacial score (nSPS) is 18.3. The first-order valence-corrected chi connectivity index (χ1v) is 13.7. The summed E-state index contributed by atoms with van der Waals surface area (Å²) in [5.41, 5.74) is 9.49. The highest BCUT2D eigenvalue weighted by Crippen LogP contribution is 2.33. The highest BCUT2D eigenvalue weighted by atomic mass is 16.6. The number of nitrogens with zero attached hydrogens (tertiary/aromatic N) is 2. The molecule has 1 saturated heterocycles. The molecule has 37 heavy (non-hydrogen) atoms. The molecule has 0 unspecified atom stereocenters. The Hall–Kier alpha value is -2.80. The van der Waals surface area contributed by atoms with Gasteiger partial charge in [0.25, 0.3) is 0 Å². The third kappa shape index (κ3) is 8.09. The number of piperazine rings is 1. The predicted octanol–water partition coefficient (Wildman–Crippen LogP) is 5.66. The van der Waals surface area contributed by atoms with Crippen LogP contribution >= 0.6 is 0 Å². The first kappa shape index (κ1) is 27.2. The van der Waals surface area contributed by atoms with E-state index in [1.54, 1.807) is 7.11 Å². The molecule has 1 N–H and O–H groups in total. The van der Waals surface area contributed by atoms with Crippen LogP contribution in [0.5, 0.6) is 11.5 Å². The number of allylic oxidation sites excluding steroid dienone is 2. The SMILES string of the molecule is CCOc1ccc(C=C2CCCC(C)=C2NOCCCN2CCN(Cc3ccccc3)CC2)c(OC)c1. The second kappa shape index (κ2) is 14.2. The Balaban J connectivity index is 1.23. The fourth-order valence-corrected chi connectivity index (χ4v) is 5.12. The van der Waals surface area contributed by atoms with Crippen molar-refractivity contribution in [2.45, 2.75) is 46.1 Å². The van der Waals surface area contributed by atoms with Gasteiger partial charge in [-0.25, -0.2) is 0 Å². The van der Waals surface area contributed by atoms with Gasteiger partial charge in [-0.05, 0) is 74.4 Å². The van der Waals surface area contributed by atoms with Crippen molar-refractivity contribution in [3.05, 3.63) is 76.5 Å². The number of rotatable bonds is 12. The van der Waals surface area contributed by atoms with E-state index in [-0.39, 0.29) is 0 Å². The minimum atomic E-state index is 0.640. The van der Waals surface area contributed by atoms with Crippen LogP contribution in [0, 0.1) is 0 Å². The van der Waals surface area contributed by atoms with Gasteiger partial charge < -0.3 is 14.4 Å². The van der Waals surface area contributed by atoms with Gasteiger partial charge in [-0.3, -0.25) is 15.2 Å². The van der Waals surface area contributed by atoms with E-state index in [9.17, 15) is 0 Å². The van der Waals surface area contributed by atoms with E-state index in [4.69, 9.17) is 14.3 Å². The average Bonchev–Trinajstić information content (AvgIpc) is 2.92. The van der Waals surface area contributed by atoms with E-state index in [0.29, 0.717) is 13.2 Å². The summed E-state index contributed by atoms with van der Waals surface area (Å²) in [5, 5.41) is 0. The van der Waals surface area contributed by atoms with E-state index in [1.807, 2.05) is 19.1 Å². The molecule has 6 nitrogen and oxygen atoms in total.